The zero-order valence-electron chi connectivity index (χ0n) is 41.0. The molecule has 0 aliphatic carbocycles. The lowest BCUT2D eigenvalue weighted by molar-refractivity contribution is -0.167. The highest BCUT2D eigenvalue weighted by Gasteiger charge is 2.19. The smallest absolute Gasteiger partial charge is 0.306 e. The summed E-state index contributed by atoms with van der Waals surface area (Å²) in [7, 11) is 0. The highest BCUT2D eigenvalue weighted by Crippen LogP contribution is 2.13. The molecule has 0 aliphatic heterocycles. The number of unbranched alkanes of at least 4 members (excludes halogenated alkanes) is 20. The number of rotatable bonds is 44. The molecule has 0 spiro atoms. The fourth-order valence-electron chi connectivity index (χ4n) is 6.58. The third-order valence-electron chi connectivity index (χ3n) is 10.4. The first-order valence-corrected chi connectivity index (χ1v) is 25.7. The summed E-state index contributed by atoms with van der Waals surface area (Å²) in [4.78, 5) is 38.0. The average Bonchev–Trinajstić information content (AvgIpc) is 3.29. The number of carbonyl (C=O) groups is 3. The third-order valence-corrected chi connectivity index (χ3v) is 10.4. The van der Waals surface area contributed by atoms with Gasteiger partial charge in [0, 0.05) is 19.3 Å². The minimum Gasteiger partial charge on any atom is -0.462 e. The lowest BCUT2D eigenvalue weighted by Gasteiger charge is -2.18. The van der Waals surface area contributed by atoms with Crippen molar-refractivity contribution < 1.29 is 28.6 Å². The van der Waals surface area contributed by atoms with Gasteiger partial charge in [0.15, 0.2) is 6.10 Å². The van der Waals surface area contributed by atoms with Crippen LogP contribution in [0.4, 0.5) is 0 Å². The zero-order chi connectivity index (χ0) is 46.5. The molecule has 0 radical (unpaired) electrons. The van der Waals surface area contributed by atoms with Crippen molar-refractivity contribution in [2.75, 3.05) is 13.2 Å². The summed E-state index contributed by atoms with van der Waals surface area (Å²) in [5.41, 5.74) is 0. The van der Waals surface area contributed by atoms with E-state index in [1.54, 1.807) is 0 Å². The van der Waals surface area contributed by atoms with E-state index in [1.807, 2.05) is 60.8 Å². The lowest BCUT2D eigenvalue weighted by atomic mass is 10.1. The van der Waals surface area contributed by atoms with Crippen LogP contribution in [0.2, 0.25) is 0 Å². The molecule has 0 saturated heterocycles. The highest BCUT2D eigenvalue weighted by atomic mass is 16.6. The Morgan fingerprint density at radius 3 is 1.02 bits per heavy atom. The van der Waals surface area contributed by atoms with Gasteiger partial charge in [-0.3, -0.25) is 14.4 Å². The molecule has 360 valence electrons. The quantitative estimate of drug-likeness (QED) is 0.0199. The molecule has 6 heteroatoms. The number of carbonyl (C=O) groups excluding carboxylic acids is 3. The van der Waals surface area contributed by atoms with E-state index in [1.165, 1.54) is 57.8 Å². The van der Waals surface area contributed by atoms with E-state index in [0.29, 0.717) is 19.3 Å². The van der Waals surface area contributed by atoms with Gasteiger partial charge >= 0.3 is 17.9 Å². The Morgan fingerprint density at radius 2 is 0.625 bits per heavy atom. The molecule has 0 bridgehead atoms. The second-order valence-electron chi connectivity index (χ2n) is 16.5. The van der Waals surface area contributed by atoms with Crippen LogP contribution >= 0.6 is 0 Å². The van der Waals surface area contributed by atoms with Gasteiger partial charge in [0.2, 0.25) is 0 Å². The van der Waals surface area contributed by atoms with Crippen molar-refractivity contribution in [3.63, 3.8) is 0 Å². The highest BCUT2D eigenvalue weighted by molar-refractivity contribution is 5.71. The van der Waals surface area contributed by atoms with Crippen LogP contribution in [0, 0.1) is 0 Å². The van der Waals surface area contributed by atoms with Gasteiger partial charge in [0.1, 0.15) is 13.2 Å². The predicted molar refractivity (Wildman–Crippen MR) is 274 cm³/mol. The average molecular weight is 885 g/mol. The fraction of sp³-hybridized carbons (Fsp3) is 0.603. The zero-order valence-corrected chi connectivity index (χ0v) is 41.0. The normalized spacial score (nSPS) is 13.1. The van der Waals surface area contributed by atoms with E-state index in [9.17, 15) is 14.4 Å². The Morgan fingerprint density at radius 1 is 0.328 bits per heavy atom. The molecular formula is C58H92O6. The summed E-state index contributed by atoms with van der Waals surface area (Å²) in [6.45, 7) is 6.28. The standard InChI is InChI=1S/C58H92O6/c1-4-7-10-13-16-19-22-25-27-29-31-33-36-39-42-45-48-51-57(60)63-54-55(53-62-56(59)50-47-44-41-38-35-32-24-21-18-15-12-9-6-3)64-58(61)52-49-46-43-40-37-34-30-28-26-23-20-17-14-11-8-5-2/h7,9-10,12-13,15-16,18-19,21-22,24-25,27-31,33,36,55H,4-6,8,11,14,17,20,23,26,32,34-35,37-54H2,1-3H3/b10-7-,12-9-,16-13-,18-15-,22-19-,24-21-,27-25-,30-28-,31-29+,36-33-. The molecule has 6 nitrogen and oxygen atoms in total. The van der Waals surface area contributed by atoms with Gasteiger partial charge in [-0.25, -0.2) is 0 Å². The summed E-state index contributed by atoms with van der Waals surface area (Å²) in [5, 5.41) is 0. The van der Waals surface area contributed by atoms with Gasteiger partial charge in [-0.2, -0.15) is 0 Å². The molecule has 0 aromatic rings. The molecule has 0 rings (SSSR count). The SMILES string of the molecule is CC\C=C/C=C\C=C/C=C\C=C\C=C/CCCCCC(=O)OCC(COC(=O)CCCCCCC\C=C/C=C\C=C/CC)OC(=O)CCCCCCC/C=C\CCCCCCCCC. The molecular weight excluding hydrogens is 793 g/mol. The van der Waals surface area contributed by atoms with Crippen molar-refractivity contribution in [1.82, 2.24) is 0 Å². The van der Waals surface area contributed by atoms with Gasteiger partial charge in [0.25, 0.3) is 0 Å². The topological polar surface area (TPSA) is 78.9 Å². The van der Waals surface area contributed by atoms with E-state index < -0.39 is 6.10 Å². The van der Waals surface area contributed by atoms with Crippen molar-refractivity contribution in [2.24, 2.45) is 0 Å². The van der Waals surface area contributed by atoms with Crippen molar-refractivity contribution >= 4 is 17.9 Å². The molecule has 0 N–H and O–H groups in total. The number of ether oxygens (including phenoxy) is 3. The van der Waals surface area contributed by atoms with Crippen molar-refractivity contribution in [3.05, 3.63) is 122 Å². The fourth-order valence-corrected chi connectivity index (χ4v) is 6.58. The number of hydrogen-bond donors (Lipinski definition) is 0. The molecule has 0 aromatic heterocycles. The molecule has 0 aliphatic rings. The van der Waals surface area contributed by atoms with E-state index in [4.69, 9.17) is 14.2 Å². The number of esters is 3. The second kappa shape index (κ2) is 51.4. The molecule has 1 unspecified atom stereocenters. The van der Waals surface area contributed by atoms with E-state index in [-0.39, 0.29) is 31.1 Å². The summed E-state index contributed by atoms with van der Waals surface area (Å²) >= 11 is 0. The first-order valence-electron chi connectivity index (χ1n) is 25.7. The van der Waals surface area contributed by atoms with E-state index in [2.05, 4.69) is 81.5 Å². The maximum absolute atomic E-state index is 12.8. The van der Waals surface area contributed by atoms with Gasteiger partial charge in [-0.15, -0.1) is 0 Å². The third kappa shape index (κ3) is 48.8. The monoisotopic (exact) mass is 885 g/mol. The summed E-state index contributed by atoms with van der Waals surface area (Å²) in [6.07, 6.45) is 70.3. The van der Waals surface area contributed by atoms with Crippen molar-refractivity contribution in [1.29, 1.82) is 0 Å². The Labute approximate surface area is 392 Å². The maximum atomic E-state index is 12.8. The molecule has 1 atom stereocenters. The molecule has 0 fully saturated rings. The minimum atomic E-state index is -0.812. The first kappa shape index (κ1) is 59.8. The lowest BCUT2D eigenvalue weighted by Crippen LogP contribution is -2.30. The van der Waals surface area contributed by atoms with Crippen LogP contribution in [0.15, 0.2) is 122 Å². The number of hydrogen-bond acceptors (Lipinski definition) is 6. The summed E-state index contributed by atoms with van der Waals surface area (Å²) in [6, 6.07) is 0. The summed E-state index contributed by atoms with van der Waals surface area (Å²) < 4.78 is 16.7. The predicted octanol–water partition coefficient (Wildman–Crippen LogP) is 16.9. The first-order chi connectivity index (χ1) is 31.5. The Hall–Kier alpha value is -4.19. The van der Waals surface area contributed by atoms with Gasteiger partial charge < -0.3 is 14.2 Å². The molecule has 0 amide bonds. The van der Waals surface area contributed by atoms with Crippen LogP contribution in [-0.2, 0) is 28.6 Å². The van der Waals surface area contributed by atoms with Crippen LogP contribution in [0.3, 0.4) is 0 Å². The van der Waals surface area contributed by atoms with Crippen LogP contribution in [0.5, 0.6) is 0 Å². The number of allylic oxidation sites excluding steroid dienone is 20. The van der Waals surface area contributed by atoms with Gasteiger partial charge in [-0.05, 0) is 83.5 Å². The van der Waals surface area contributed by atoms with E-state index >= 15 is 0 Å². The Kier molecular flexibility index (Phi) is 48.1. The maximum Gasteiger partial charge on any atom is 0.306 e. The molecule has 0 saturated carbocycles. The molecule has 0 heterocycles. The van der Waals surface area contributed by atoms with Crippen LogP contribution in [0.25, 0.3) is 0 Å². The van der Waals surface area contributed by atoms with E-state index in [0.717, 1.165) is 109 Å². The largest absolute Gasteiger partial charge is 0.462 e. The molecule has 0 aromatic carbocycles. The summed E-state index contributed by atoms with van der Waals surface area (Å²) in [5.74, 6) is -0.989. The van der Waals surface area contributed by atoms with Crippen molar-refractivity contribution in [3.8, 4) is 0 Å². The second-order valence-corrected chi connectivity index (χ2v) is 16.5. The minimum absolute atomic E-state index is 0.110. The van der Waals surface area contributed by atoms with Crippen molar-refractivity contribution in [2.45, 2.75) is 213 Å². The van der Waals surface area contributed by atoms with Crippen LogP contribution in [-0.4, -0.2) is 37.2 Å². The van der Waals surface area contributed by atoms with Crippen LogP contribution in [0.1, 0.15) is 207 Å². The van der Waals surface area contributed by atoms with Gasteiger partial charge in [-0.1, -0.05) is 226 Å². The Bertz CT molecular complexity index is 1390. The Balaban J connectivity index is 4.54. The van der Waals surface area contributed by atoms with Crippen LogP contribution < -0.4 is 0 Å². The van der Waals surface area contributed by atoms with Gasteiger partial charge in [0.05, 0.1) is 0 Å². The molecule has 64 heavy (non-hydrogen) atoms.